The van der Waals surface area contributed by atoms with Gasteiger partial charge in [0.2, 0.25) is 9.84 Å². The predicted octanol–water partition coefficient (Wildman–Crippen LogP) is 4.77. The van der Waals surface area contributed by atoms with Crippen LogP contribution in [0.5, 0.6) is 0 Å². The largest absolute Gasteiger partial charge is 0.454 e. The average molecular weight is 494 g/mol. The van der Waals surface area contributed by atoms with Crippen LogP contribution in [0.4, 0.5) is 5.69 Å². The third-order valence-corrected chi connectivity index (χ3v) is 6.90. The molecule has 0 aliphatic rings. The van der Waals surface area contributed by atoms with Crippen LogP contribution in [0.2, 0.25) is 10.0 Å². The fourth-order valence-electron chi connectivity index (χ4n) is 2.71. The lowest BCUT2D eigenvalue weighted by Gasteiger charge is -2.10. The van der Waals surface area contributed by atoms with Crippen molar-refractivity contribution in [1.29, 1.82) is 0 Å². The second-order valence-electron chi connectivity index (χ2n) is 6.38. The van der Waals surface area contributed by atoms with Gasteiger partial charge in [-0.2, -0.15) is 0 Å². The summed E-state index contributed by atoms with van der Waals surface area (Å²) in [5.74, 6) is -1.59. The van der Waals surface area contributed by atoms with Crippen LogP contribution in [0.15, 0.2) is 76.5 Å². The van der Waals surface area contributed by atoms with Gasteiger partial charge >= 0.3 is 5.97 Å². The first-order chi connectivity index (χ1) is 15.1. The minimum atomic E-state index is -4.20. The van der Waals surface area contributed by atoms with Gasteiger partial charge in [0.25, 0.3) is 5.69 Å². The van der Waals surface area contributed by atoms with Gasteiger partial charge in [0.05, 0.1) is 30.3 Å². The first kappa shape index (κ1) is 23.4. The van der Waals surface area contributed by atoms with E-state index in [9.17, 15) is 28.1 Å². The molecular weight excluding hydrogens is 481 g/mol. The summed E-state index contributed by atoms with van der Waals surface area (Å²) in [7, 11) is -4.20. The third kappa shape index (κ3) is 4.96. The van der Waals surface area contributed by atoms with Crippen LogP contribution in [-0.4, -0.2) is 31.7 Å². The molecule has 0 aliphatic carbocycles. The van der Waals surface area contributed by atoms with E-state index in [0.717, 1.165) is 24.3 Å². The van der Waals surface area contributed by atoms with E-state index in [1.165, 1.54) is 42.5 Å². The number of ether oxygens (including phenoxy) is 1. The Morgan fingerprint density at radius 1 is 0.938 bits per heavy atom. The number of hydrogen-bond acceptors (Lipinski definition) is 7. The Bertz CT molecular complexity index is 1320. The number of benzene rings is 3. The number of rotatable bonds is 7. The number of esters is 1. The van der Waals surface area contributed by atoms with Crippen molar-refractivity contribution in [2.75, 3.05) is 6.61 Å². The van der Waals surface area contributed by atoms with E-state index < -0.39 is 33.1 Å². The lowest BCUT2D eigenvalue weighted by molar-refractivity contribution is -0.384. The van der Waals surface area contributed by atoms with Gasteiger partial charge in [-0.15, -0.1) is 0 Å². The molecule has 3 aromatic rings. The molecule has 3 aromatic carbocycles. The highest BCUT2D eigenvalue weighted by Gasteiger charge is 2.26. The van der Waals surface area contributed by atoms with Gasteiger partial charge in [0.15, 0.2) is 12.4 Å². The van der Waals surface area contributed by atoms with Crippen molar-refractivity contribution in [3.8, 4) is 0 Å². The van der Waals surface area contributed by atoms with Crippen molar-refractivity contribution in [2.24, 2.45) is 0 Å². The van der Waals surface area contributed by atoms with Gasteiger partial charge < -0.3 is 4.74 Å². The van der Waals surface area contributed by atoms with Crippen LogP contribution >= 0.6 is 23.2 Å². The van der Waals surface area contributed by atoms with Gasteiger partial charge in [0.1, 0.15) is 0 Å². The molecule has 0 amide bonds. The van der Waals surface area contributed by atoms with Crippen LogP contribution in [0.3, 0.4) is 0 Å². The molecule has 0 heterocycles. The molecule has 32 heavy (non-hydrogen) atoms. The fraction of sp³-hybridized carbons (Fsp3) is 0.0476. The van der Waals surface area contributed by atoms with Crippen molar-refractivity contribution < 1.29 is 27.7 Å². The first-order valence-electron chi connectivity index (χ1n) is 8.85. The minimum Gasteiger partial charge on any atom is -0.454 e. The summed E-state index contributed by atoms with van der Waals surface area (Å²) in [5.41, 5.74) is -0.399. The van der Waals surface area contributed by atoms with Crippen LogP contribution in [0.25, 0.3) is 0 Å². The zero-order valence-electron chi connectivity index (χ0n) is 16.0. The number of nitro benzene ring substituents is 1. The van der Waals surface area contributed by atoms with E-state index in [-0.39, 0.29) is 36.7 Å². The van der Waals surface area contributed by atoms with Crippen molar-refractivity contribution in [1.82, 2.24) is 0 Å². The summed E-state index contributed by atoms with van der Waals surface area (Å²) < 4.78 is 31.0. The minimum absolute atomic E-state index is 0.156. The second-order valence-corrected chi connectivity index (χ2v) is 9.11. The molecule has 0 aliphatic heterocycles. The Morgan fingerprint density at radius 2 is 1.59 bits per heavy atom. The molecule has 164 valence electrons. The summed E-state index contributed by atoms with van der Waals surface area (Å²) in [6, 6.07) is 13.7. The molecule has 8 nitrogen and oxygen atoms in total. The number of carbonyl (C=O) groups is 2. The average Bonchev–Trinajstić information content (AvgIpc) is 2.79. The zero-order valence-corrected chi connectivity index (χ0v) is 18.4. The number of nitro groups is 1. The van der Waals surface area contributed by atoms with E-state index in [1.807, 2.05) is 0 Å². The summed E-state index contributed by atoms with van der Waals surface area (Å²) in [6.07, 6.45) is 0. The highest BCUT2D eigenvalue weighted by molar-refractivity contribution is 7.91. The van der Waals surface area contributed by atoms with Crippen molar-refractivity contribution in [2.45, 2.75) is 9.79 Å². The number of ketones is 1. The van der Waals surface area contributed by atoms with Crippen LogP contribution in [0.1, 0.15) is 20.7 Å². The monoisotopic (exact) mass is 493 g/mol. The first-order valence-corrected chi connectivity index (χ1v) is 11.1. The summed E-state index contributed by atoms with van der Waals surface area (Å²) >= 11 is 11.7. The molecule has 0 saturated heterocycles. The number of halogens is 2. The maximum Gasteiger partial charge on any atom is 0.339 e. The zero-order chi connectivity index (χ0) is 23.5. The van der Waals surface area contributed by atoms with Crippen LogP contribution in [-0.2, 0) is 14.6 Å². The quantitative estimate of drug-likeness (QED) is 0.201. The number of Topliss-reactive ketones (excluding diaryl/α,β-unsaturated/α-hetero) is 1. The molecule has 0 aromatic heterocycles. The third-order valence-electron chi connectivity index (χ3n) is 4.33. The van der Waals surface area contributed by atoms with E-state index >= 15 is 0 Å². The molecule has 0 spiro atoms. The van der Waals surface area contributed by atoms with Gasteiger partial charge in [-0.05, 0) is 42.5 Å². The Balaban J connectivity index is 1.83. The second kappa shape index (κ2) is 9.47. The van der Waals surface area contributed by atoms with E-state index in [1.54, 1.807) is 0 Å². The number of non-ortho nitro benzene ring substituents is 1. The van der Waals surface area contributed by atoms with E-state index in [2.05, 4.69) is 0 Å². The highest BCUT2D eigenvalue weighted by atomic mass is 35.5. The lowest BCUT2D eigenvalue weighted by atomic mass is 10.1. The summed E-state index contributed by atoms with van der Waals surface area (Å²) in [5, 5.41) is 11.2. The maximum atomic E-state index is 13.0. The molecule has 0 fully saturated rings. The van der Waals surface area contributed by atoms with Gasteiger partial charge in [-0.1, -0.05) is 35.3 Å². The SMILES string of the molecule is O=C(COC(=O)c1ccccc1S(=O)(=O)c1ccc([N+](=O)[O-])cc1)c1ccc(Cl)c(Cl)c1. The molecular formula is C21H13Cl2NO7S. The fourth-order valence-corrected chi connectivity index (χ4v) is 4.45. The number of hydrogen-bond donors (Lipinski definition) is 0. The van der Waals surface area contributed by atoms with Crippen LogP contribution < -0.4 is 0 Å². The Labute approximate surface area is 192 Å². The van der Waals surface area contributed by atoms with Gasteiger partial charge in [-0.3, -0.25) is 14.9 Å². The summed E-state index contributed by atoms with van der Waals surface area (Å²) in [6.45, 7) is -0.650. The molecule has 0 bridgehead atoms. The predicted molar refractivity (Wildman–Crippen MR) is 116 cm³/mol. The molecule has 0 N–H and O–H groups in total. The van der Waals surface area contributed by atoms with E-state index in [0.29, 0.717) is 0 Å². The number of nitrogens with zero attached hydrogens (tertiary/aromatic N) is 1. The molecule has 0 unspecified atom stereocenters. The van der Waals surface area contributed by atoms with Gasteiger partial charge in [0, 0.05) is 17.7 Å². The van der Waals surface area contributed by atoms with Crippen molar-refractivity contribution in [3.05, 3.63) is 98.0 Å². The lowest BCUT2D eigenvalue weighted by Crippen LogP contribution is -2.17. The number of carbonyl (C=O) groups excluding carboxylic acids is 2. The Morgan fingerprint density at radius 3 is 2.22 bits per heavy atom. The number of sulfone groups is 1. The smallest absolute Gasteiger partial charge is 0.339 e. The standard InChI is InChI=1S/C21H13Cl2NO7S/c22-17-10-5-13(11-18(17)23)19(25)12-31-21(26)16-3-1-2-4-20(16)32(29,30)15-8-6-14(7-9-15)24(27)28/h1-11H,12H2. The molecule has 0 atom stereocenters. The summed E-state index contributed by atoms with van der Waals surface area (Å²) in [4.78, 5) is 34.4. The Kier molecular flexibility index (Phi) is 6.93. The molecule has 11 heteroatoms. The van der Waals surface area contributed by atoms with Crippen molar-refractivity contribution in [3.63, 3.8) is 0 Å². The normalized spacial score (nSPS) is 11.1. The molecule has 3 rings (SSSR count). The van der Waals surface area contributed by atoms with Crippen molar-refractivity contribution >= 4 is 50.5 Å². The molecule has 0 saturated carbocycles. The maximum absolute atomic E-state index is 13.0. The van der Waals surface area contributed by atoms with E-state index in [4.69, 9.17) is 27.9 Å². The molecule has 0 radical (unpaired) electrons. The van der Waals surface area contributed by atoms with Gasteiger partial charge in [-0.25, -0.2) is 13.2 Å². The Hall–Kier alpha value is -3.27. The topological polar surface area (TPSA) is 121 Å². The van der Waals surface area contributed by atoms with Crippen LogP contribution in [0, 0.1) is 10.1 Å². The highest BCUT2D eigenvalue weighted by Crippen LogP contribution is 2.27.